The van der Waals surface area contributed by atoms with Crippen LogP contribution >= 0.6 is 22.7 Å². The molecule has 0 spiro atoms. The SMILES string of the molecule is OB(O)Oc1ccsc1.OB(O)c1cccs1. The van der Waals surface area contributed by atoms with Crippen molar-refractivity contribution < 1.29 is 24.8 Å². The van der Waals surface area contributed by atoms with Crippen LogP contribution in [0.5, 0.6) is 5.75 Å². The number of rotatable bonds is 3. The smallest absolute Gasteiger partial charge is 0.511 e. The Bertz CT molecular complexity index is 390. The van der Waals surface area contributed by atoms with Gasteiger partial charge in [-0.1, -0.05) is 12.1 Å². The van der Waals surface area contributed by atoms with E-state index in [1.807, 2.05) is 0 Å². The van der Waals surface area contributed by atoms with Crippen LogP contribution < -0.4 is 9.43 Å². The van der Waals surface area contributed by atoms with Crippen LogP contribution in [0.1, 0.15) is 0 Å². The van der Waals surface area contributed by atoms with E-state index in [0.29, 0.717) is 10.5 Å². The lowest BCUT2D eigenvalue weighted by Gasteiger charge is -1.97. The van der Waals surface area contributed by atoms with Crippen LogP contribution in [0.3, 0.4) is 0 Å². The summed E-state index contributed by atoms with van der Waals surface area (Å²) >= 11 is 2.77. The summed E-state index contributed by atoms with van der Waals surface area (Å²) in [6.45, 7) is 0. The molecule has 0 saturated heterocycles. The van der Waals surface area contributed by atoms with Gasteiger partial charge in [-0.25, -0.2) is 0 Å². The second-order valence-electron chi connectivity index (χ2n) is 2.79. The topological polar surface area (TPSA) is 90.2 Å². The van der Waals surface area contributed by atoms with Crippen molar-refractivity contribution in [2.24, 2.45) is 0 Å². The van der Waals surface area contributed by atoms with Gasteiger partial charge >= 0.3 is 14.4 Å². The van der Waals surface area contributed by atoms with E-state index >= 15 is 0 Å². The third-order valence-corrected chi connectivity index (χ3v) is 3.11. The first-order valence-electron chi connectivity index (χ1n) is 4.54. The number of hydrogen-bond donors (Lipinski definition) is 4. The molecule has 0 saturated carbocycles. The van der Waals surface area contributed by atoms with Crippen molar-refractivity contribution in [1.82, 2.24) is 0 Å². The Kier molecular flexibility index (Phi) is 6.27. The summed E-state index contributed by atoms with van der Waals surface area (Å²) in [6.07, 6.45) is 0. The summed E-state index contributed by atoms with van der Waals surface area (Å²) in [6, 6.07) is 5.11. The molecule has 0 radical (unpaired) electrons. The predicted molar refractivity (Wildman–Crippen MR) is 69.3 cm³/mol. The molecule has 9 heteroatoms. The van der Waals surface area contributed by atoms with E-state index < -0.39 is 14.4 Å². The van der Waals surface area contributed by atoms with Gasteiger partial charge in [-0.15, -0.1) is 11.3 Å². The molecule has 0 aliphatic rings. The molecule has 0 atom stereocenters. The van der Waals surface area contributed by atoms with Gasteiger partial charge in [0.25, 0.3) is 0 Å². The van der Waals surface area contributed by atoms with Crippen LogP contribution in [0.2, 0.25) is 0 Å². The third kappa shape index (κ3) is 5.87. The van der Waals surface area contributed by atoms with Gasteiger partial charge in [0.2, 0.25) is 0 Å². The average Bonchev–Trinajstić information content (AvgIpc) is 2.87. The molecule has 0 aliphatic heterocycles. The van der Waals surface area contributed by atoms with E-state index in [1.54, 1.807) is 34.3 Å². The minimum Gasteiger partial charge on any atom is -0.511 e. The van der Waals surface area contributed by atoms with Gasteiger partial charge in [0.15, 0.2) is 0 Å². The molecule has 2 aromatic rings. The fourth-order valence-corrected chi connectivity index (χ4v) is 2.03. The second-order valence-corrected chi connectivity index (χ2v) is 4.55. The maximum Gasteiger partial charge on any atom is 0.707 e. The van der Waals surface area contributed by atoms with Gasteiger partial charge in [-0.3, -0.25) is 0 Å². The van der Waals surface area contributed by atoms with Gasteiger partial charge in [-0.2, -0.15) is 11.3 Å². The van der Waals surface area contributed by atoms with Gasteiger partial charge in [0.05, 0.1) is 0 Å². The van der Waals surface area contributed by atoms with E-state index in [-0.39, 0.29) is 0 Å². The summed E-state index contributed by atoms with van der Waals surface area (Å²) < 4.78 is 5.06. The van der Waals surface area contributed by atoms with Gasteiger partial charge in [-0.05, 0) is 16.8 Å². The minimum absolute atomic E-state index is 0.481. The molecule has 0 bridgehead atoms. The highest BCUT2D eigenvalue weighted by Crippen LogP contribution is 2.14. The van der Waals surface area contributed by atoms with E-state index in [0.717, 1.165) is 0 Å². The van der Waals surface area contributed by atoms with Crippen LogP contribution in [0.4, 0.5) is 0 Å². The van der Waals surface area contributed by atoms with Crippen molar-refractivity contribution in [1.29, 1.82) is 0 Å². The van der Waals surface area contributed by atoms with E-state index in [9.17, 15) is 0 Å². The fourth-order valence-electron chi connectivity index (χ4n) is 0.879. The molecule has 4 N–H and O–H groups in total. The largest absolute Gasteiger partial charge is 0.707 e. The van der Waals surface area contributed by atoms with Crippen molar-refractivity contribution in [3.63, 3.8) is 0 Å². The summed E-state index contributed by atoms with van der Waals surface area (Å²) in [4.78, 5) is 0. The molecule has 17 heavy (non-hydrogen) atoms. The molecule has 0 unspecified atom stereocenters. The lowest BCUT2D eigenvalue weighted by atomic mass is 9.90. The summed E-state index contributed by atoms with van der Waals surface area (Å²) in [5.74, 6) is 0.481. The zero-order valence-electron chi connectivity index (χ0n) is 8.63. The molecule has 0 fully saturated rings. The highest BCUT2D eigenvalue weighted by atomic mass is 32.1. The highest BCUT2D eigenvalue weighted by Gasteiger charge is 2.10. The molecule has 5 nitrogen and oxygen atoms in total. The lowest BCUT2D eigenvalue weighted by Crippen LogP contribution is -2.26. The molecule has 0 amide bonds. The first-order valence-corrected chi connectivity index (χ1v) is 6.36. The van der Waals surface area contributed by atoms with Crippen LogP contribution in [0, 0.1) is 0 Å². The van der Waals surface area contributed by atoms with Crippen LogP contribution in [-0.2, 0) is 0 Å². The molecule has 0 aliphatic carbocycles. The number of hydrogen-bond acceptors (Lipinski definition) is 7. The Morgan fingerprint density at radius 3 is 2.18 bits per heavy atom. The fraction of sp³-hybridized carbons (Fsp3) is 0. The Balaban J connectivity index is 0.000000171. The standard InChI is InChI=1S/C4H5BO3S.C4H5BO2S/c6-5(7)8-4-1-2-9-3-4;6-5(7)4-2-1-3-8-4/h1-3,6-7H;1-3,6-7H. The van der Waals surface area contributed by atoms with Crippen molar-refractivity contribution in [2.75, 3.05) is 0 Å². The van der Waals surface area contributed by atoms with Crippen molar-refractivity contribution in [2.45, 2.75) is 0 Å². The van der Waals surface area contributed by atoms with E-state index in [4.69, 9.17) is 20.1 Å². The van der Waals surface area contributed by atoms with Gasteiger partial charge in [0.1, 0.15) is 5.75 Å². The molecular weight excluding hydrogens is 262 g/mol. The quantitative estimate of drug-likeness (QED) is 0.567. The molecule has 2 heterocycles. The zero-order chi connectivity index (χ0) is 12.7. The Morgan fingerprint density at radius 1 is 1.06 bits per heavy atom. The second kappa shape index (κ2) is 7.49. The molecule has 2 aromatic heterocycles. The van der Waals surface area contributed by atoms with Crippen molar-refractivity contribution in [3.8, 4) is 5.75 Å². The van der Waals surface area contributed by atoms with E-state index in [2.05, 4.69) is 4.65 Å². The molecule has 2 rings (SSSR count). The Hall–Kier alpha value is -0.830. The third-order valence-electron chi connectivity index (χ3n) is 1.53. The first kappa shape index (κ1) is 14.2. The normalized spacial score (nSPS) is 9.18. The zero-order valence-corrected chi connectivity index (χ0v) is 10.3. The Labute approximate surface area is 107 Å². The van der Waals surface area contributed by atoms with Crippen LogP contribution in [-0.4, -0.2) is 34.5 Å². The Morgan fingerprint density at radius 2 is 1.82 bits per heavy atom. The maximum absolute atomic E-state index is 8.48. The predicted octanol–water partition coefficient (Wildman–Crippen LogP) is -0.476. The van der Waals surface area contributed by atoms with Crippen molar-refractivity contribution in [3.05, 3.63) is 34.3 Å². The van der Waals surface area contributed by atoms with Crippen molar-refractivity contribution >= 4 is 41.9 Å². The van der Waals surface area contributed by atoms with Crippen LogP contribution in [0.15, 0.2) is 34.3 Å². The van der Waals surface area contributed by atoms with Crippen LogP contribution in [0.25, 0.3) is 0 Å². The molecular formula is C8H10B2O5S2. The minimum atomic E-state index is -1.71. The summed E-state index contributed by atoms with van der Waals surface area (Å²) in [5, 5.41) is 38.8. The number of thiophene rings is 2. The van der Waals surface area contributed by atoms with Gasteiger partial charge < -0.3 is 24.8 Å². The summed E-state index contributed by atoms with van der Waals surface area (Å²) in [7, 11) is -3.00. The maximum atomic E-state index is 8.48. The summed E-state index contributed by atoms with van der Waals surface area (Å²) in [5.41, 5.74) is 0. The molecule has 0 aromatic carbocycles. The molecule has 90 valence electrons. The average molecular weight is 272 g/mol. The first-order chi connectivity index (χ1) is 8.09. The van der Waals surface area contributed by atoms with Gasteiger partial charge in [0, 0.05) is 10.2 Å². The monoisotopic (exact) mass is 272 g/mol. The van der Waals surface area contributed by atoms with E-state index in [1.165, 1.54) is 22.7 Å². The lowest BCUT2D eigenvalue weighted by molar-refractivity contribution is 0.288. The highest BCUT2D eigenvalue weighted by molar-refractivity contribution is 7.20.